The molecule has 0 spiro atoms. The van der Waals surface area contributed by atoms with E-state index in [0.29, 0.717) is 5.95 Å². The summed E-state index contributed by atoms with van der Waals surface area (Å²) in [6.07, 6.45) is 3.57. The zero-order valence-electron chi connectivity index (χ0n) is 18.2. The van der Waals surface area contributed by atoms with Crippen LogP contribution in [-0.4, -0.2) is 44.8 Å². The Bertz CT molecular complexity index is 1090. The normalized spacial score (nSPS) is 16.2. The third-order valence-electron chi connectivity index (χ3n) is 5.55. The lowest BCUT2D eigenvalue weighted by Gasteiger charge is -2.42. The van der Waals surface area contributed by atoms with E-state index < -0.39 is 0 Å². The van der Waals surface area contributed by atoms with E-state index in [1.165, 1.54) is 0 Å². The Hall–Kier alpha value is -3.42. The second-order valence-corrected chi connectivity index (χ2v) is 7.97. The van der Waals surface area contributed by atoms with Crippen LogP contribution in [0.15, 0.2) is 36.7 Å². The Balaban J connectivity index is 1.69. The molecule has 1 unspecified atom stereocenters. The molecule has 3 aromatic rings. The molecule has 156 valence electrons. The molecule has 1 aliphatic heterocycles. The van der Waals surface area contributed by atoms with Gasteiger partial charge in [-0.2, -0.15) is 5.10 Å². The first-order chi connectivity index (χ1) is 14.3. The highest BCUT2D eigenvalue weighted by atomic mass is 16.2. The van der Waals surface area contributed by atoms with E-state index in [9.17, 15) is 4.79 Å². The summed E-state index contributed by atoms with van der Waals surface area (Å²) in [6.45, 7) is 8.16. The number of likely N-dealkylation sites (N-methyl/N-ethyl adjacent to an activating group) is 1. The van der Waals surface area contributed by atoms with E-state index in [1.54, 1.807) is 11.1 Å². The molecule has 8 nitrogen and oxygen atoms in total. The first kappa shape index (κ1) is 19.9. The maximum absolute atomic E-state index is 12.6. The van der Waals surface area contributed by atoms with Crippen molar-refractivity contribution in [1.29, 1.82) is 0 Å². The SMILES string of the molecule is Cc1cnn(C)c1-c1ccnc(Nc2ccc3c(c2)N(C(C)C)C(C)C(=O)N3C)n1. The van der Waals surface area contributed by atoms with Crippen LogP contribution in [0.4, 0.5) is 23.0 Å². The number of benzene rings is 1. The van der Waals surface area contributed by atoms with Crippen LogP contribution < -0.4 is 15.1 Å². The van der Waals surface area contributed by atoms with E-state index >= 15 is 0 Å². The number of amides is 1. The topological polar surface area (TPSA) is 79.2 Å². The second kappa shape index (κ2) is 7.44. The molecule has 0 radical (unpaired) electrons. The van der Waals surface area contributed by atoms with E-state index in [-0.39, 0.29) is 18.0 Å². The standard InChI is InChI=1S/C22H27N7O/c1-13(2)29-15(4)21(30)27(5)18-8-7-16(11-19(18)29)25-22-23-10-9-17(26-22)20-14(3)12-24-28(20)6/h7-13,15H,1-6H3,(H,23,25,26). The lowest BCUT2D eigenvalue weighted by molar-refractivity contribution is -0.119. The number of rotatable bonds is 4. The fourth-order valence-electron chi connectivity index (χ4n) is 4.14. The average molecular weight is 406 g/mol. The van der Waals surface area contributed by atoms with Crippen molar-refractivity contribution in [2.24, 2.45) is 7.05 Å². The first-order valence-corrected chi connectivity index (χ1v) is 10.1. The molecule has 0 bridgehead atoms. The molecule has 0 saturated carbocycles. The molecule has 8 heteroatoms. The summed E-state index contributed by atoms with van der Waals surface area (Å²) in [5.74, 6) is 0.608. The van der Waals surface area contributed by atoms with Crippen molar-refractivity contribution in [3.63, 3.8) is 0 Å². The van der Waals surface area contributed by atoms with Crippen LogP contribution in [0.3, 0.4) is 0 Å². The third-order valence-corrected chi connectivity index (χ3v) is 5.55. The van der Waals surface area contributed by atoms with E-state index in [1.807, 2.05) is 57.0 Å². The van der Waals surface area contributed by atoms with Crippen LogP contribution in [0.5, 0.6) is 0 Å². The molecular weight excluding hydrogens is 378 g/mol. The van der Waals surface area contributed by atoms with Gasteiger partial charge in [-0.15, -0.1) is 0 Å². The summed E-state index contributed by atoms with van der Waals surface area (Å²) in [6, 6.07) is 7.82. The van der Waals surface area contributed by atoms with Crippen LogP contribution >= 0.6 is 0 Å². The maximum Gasteiger partial charge on any atom is 0.249 e. The van der Waals surface area contributed by atoms with Gasteiger partial charge >= 0.3 is 0 Å². The van der Waals surface area contributed by atoms with Gasteiger partial charge in [0.2, 0.25) is 11.9 Å². The number of aryl methyl sites for hydroxylation is 2. The number of fused-ring (bicyclic) bond motifs is 1. The van der Waals surface area contributed by atoms with E-state index in [2.05, 4.69) is 45.2 Å². The van der Waals surface area contributed by atoms with Gasteiger partial charge < -0.3 is 15.1 Å². The number of hydrogen-bond donors (Lipinski definition) is 1. The monoisotopic (exact) mass is 405 g/mol. The number of hydrogen-bond acceptors (Lipinski definition) is 6. The largest absolute Gasteiger partial charge is 0.356 e. The van der Waals surface area contributed by atoms with Gasteiger partial charge in [0.05, 0.1) is 29.0 Å². The third kappa shape index (κ3) is 3.28. The lowest BCUT2D eigenvalue weighted by atomic mass is 10.0. The van der Waals surface area contributed by atoms with Gasteiger partial charge in [-0.3, -0.25) is 9.48 Å². The van der Waals surface area contributed by atoms with Gasteiger partial charge in [-0.1, -0.05) is 0 Å². The Labute approximate surface area is 176 Å². The smallest absolute Gasteiger partial charge is 0.249 e. The minimum atomic E-state index is -0.217. The van der Waals surface area contributed by atoms with Crippen molar-refractivity contribution in [1.82, 2.24) is 19.7 Å². The number of nitrogens with zero attached hydrogens (tertiary/aromatic N) is 6. The Morgan fingerprint density at radius 2 is 1.90 bits per heavy atom. The Morgan fingerprint density at radius 3 is 2.57 bits per heavy atom. The number of carbonyl (C=O) groups is 1. The molecule has 4 rings (SSSR count). The fraction of sp³-hybridized carbons (Fsp3) is 0.364. The average Bonchev–Trinajstić information content (AvgIpc) is 3.04. The minimum absolute atomic E-state index is 0.0968. The van der Waals surface area contributed by atoms with Gasteiger partial charge in [0, 0.05) is 32.0 Å². The zero-order valence-corrected chi connectivity index (χ0v) is 18.2. The highest BCUT2D eigenvalue weighted by Gasteiger charge is 2.34. The molecule has 1 atom stereocenters. The number of carbonyl (C=O) groups excluding carboxylic acids is 1. The number of nitrogens with one attached hydrogen (secondary N) is 1. The maximum atomic E-state index is 12.6. The van der Waals surface area contributed by atoms with Crippen LogP contribution in [0, 0.1) is 6.92 Å². The highest BCUT2D eigenvalue weighted by Crippen LogP contribution is 2.39. The first-order valence-electron chi connectivity index (χ1n) is 10.1. The molecule has 1 N–H and O–H groups in total. The van der Waals surface area contributed by atoms with E-state index in [4.69, 9.17) is 0 Å². The predicted molar refractivity (Wildman–Crippen MR) is 119 cm³/mol. The number of anilines is 4. The molecule has 0 fully saturated rings. The fourth-order valence-corrected chi connectivity index (χ4v) is 4.14. The molecule has 0 saturated heterocycles. The van der Waals surface area contributed by atoms with Crippen molar-refractivity contribution in [3.05, 3.63) is 42.2 Å². The quantitative estimate of drug-likeness (QED) is 0.716. The van der Waals surface area contributed by atoms with Gasteiger partial charge in [-0.05, 0) is 57.5 Å². The van der Waals surface area contributed by atoms with Crippen LogP contribution in [-0.2, 0) is 11.8 Å². The predicted octanol–water partition coefficient (Wildman–Crippen LogP) is 3.51. The van der Waals surface area contributed by atoms with Crippen LogP contribution in [0.25, 0.3) is 11.4 Å². The summed E-state index contributed by atoms with van der Waals surface area (Å²) in [4.78, 5) is 25.6. The molecule has 3 heterocycles. The number of aromatic nitrogens is 4. The molecule has 1 aliphatic rings. The highest BCUT2D eigenvalue weighted by molar-refractivity contribution is 6.05. The molecule has 1 aromatic carbocycles. The van der Waals surface area contributed by atoms with Crippen LogP contribution in [0.2, 0.25) is 0 Å². The van der Waals surface area contributed by atoms with Gasteiger partial charge in [-0.25, -0.2) is 9.97 Å². The second-order valence-electron chi connectivity index (χ2n) is 7.97. The summed E-state index contributed by atoms with van der Waals surface area (Å²) < 4.78 is 1.81. The van der Waals surface area contributed by atoms with Gasteiger partial charge in [0.15, 0.2) is 0 Å². The van der Waals surface area contributed by atoms with E-state index in [0.717, 1.165) is 34.0 Å². The summed E-state index contributed by atoms with van der Waals surface area (Å²) >= 11 is 0. The molecule has 2 aromatic heterocycles. The molecule has 1 amide bonds. The molecule has 30 heavy (non-hydrogen) atoms. The minimum Gasteiger partial charge on any atom is -0.356 e. The zero-order chi connectivity index (χ0) is 21.6. The summed E-state index contributed by atoms with van der Waals surface area (Å²) in [7, 11) is 3.73. The Morgan fingerprint density at radius 1 is 1.13 bits per heavy atom. The lowest BCUT2D eigenvalue weighted by Crippen LogP contribution is -2.53. The molecule has 0 aliphatic carbocycles. The van der Waals surface area contributed by atoms with Crippen molar-refractivity contribution >= 4 is 28.9 Å². The summed E-state index contributed by atoms with van der Waals surface area (Å²) in [5, 5.41) is 7.61. The van der Waals surface area contributed by atoms with Crippen molar-refractivity contribution in [2.45, 2.75) is 39.8 Å². The molecular formula is C22H27N7O. The van der Waals surface area contributed by atoms with Gasteiger partial charge in [0.25, 0.3) is 0 Å². The van der Waals surface area contributed by atoms with Gasteiger partial charge in [0.1, 0.15) is 6.04 Å². The van der Waals surface area contributed by atoms with Crippen molar-refractivity contribution < 1.29 is 4.79 Å². The summed E-state index contributed by atoms with van der Waals surface area (Å²) in [5.41, 5.74) is 5.62. The Kier molecular flexibility index (Phi) is 4.93. The van der Waals surface area contributed by atoms with Crippen LogP contribution in [0.1, 0.15) is 26.3 Å². The van der Waals surface area contributed by atoms with Crippen molar-refractivity contribution in [3.8, 4) is 11.4 Å². The van der Waals surface area contributed by atoms with Crippen molar-refractivity contribution in [2.75, 3.05) is 22.2 Å².